The van der Waals surface area contributed by atoms with Gasteiger partial charge in [-0.3, -0.25) is 4.68 Å². The molecule has 0 amide bonds. The van der Waals surface area contributed by atoms with E-state index in [9.17, 15) is 13.2 Å². The van der Waals surface area contributed by atoms with E-state index < -0.39 is 12.6 Å². The van der Waals surface area contributed by atoms with Gasteiger partial charge in [-0.05, 0) is 25.8 Å². The van der Waals surface area contributed by atoms with E-state index in [0.717, 1.165) is 35.3 Å². The Balaban J connectivity index is 1.55. The lowest BCUT2D eigenvalue weighted by atomic mass is 10.0. The first-order chi connectivity index (χ1) is 11.3. The highest BCUT2D eigenvalue weighted by Crippen LogP contribution is 2.24. The molecule has 0 aliphatic carbocycles. The molecule has 24 heavy (non-hydrogen) atoms. The number of aromatic nitrogens is 3. The number of aryl methyl sites for hydroxylation is 2. The van der Waals surface area contributed by atoms with Crippen LogP contribution in [0.2, 0.25) is 0 Å². The van der Waals surface area contributed by atoms with E-state index in [-0.39, 0.29) is 12.6 Å². The van der Waals surface area contributed by atoms with Crippen LogP contribution in [0.3, 0.4) is 0 Å². The number of nitrogens with zero attached hydrogens (tertiary/aromatic N) is 4. The van der Waals surface area contributed by atoms with Crippen LogP contribution < -0.4 is 5.32 Å². The Bertz CT molecular complexity index is 702. The van der Waals surface area contributed by atoms with Crippen LogP contribution in [-0.4, -0.2) is 51.5 Å². The Morgan fingerprint density at radius 3 is 2.67 bits per heavy atom. The molecule has 0 unspecified atom stereocenters. The van der Waals surface area contributed by atoms with Crippen molar-refractivity contribution in [2.45, 2.75) is 38.4 Å². The van der Waals surface area contributed by atoms with Crippen LogP contribution in [-0.2, 0) is 7.05 Å². The second kappa shape index (κ2) is 6.58. The monoisotopic (exact) mass is 341 g/mol. The van der Waals surface area contributed by atoms with Gasteiger partial charge in [0, 0.05) is 38.1 Å². The van der Waals surface area contributed by atoms with Crippen LogP contribution in [0.25, 0.3) is 11.0 Å². The van der Waals surface area contributed by atoms with Gasteiger partial charge in [-0.1, -0.05) is 0 Å². The lowest BCUT2D eigenvalue weighted by Crippen LogP contribution is -2.40. The lowest BCUT2D eigenvalue weighted by molar-refractivity contribution is -0.138. The van der Waals surface area contributed by atoms with Gasteiger partial charge in [-0.25, -0.2) is 4.98 Å². The fraction of sp³-hybridized carbons (Fsp3) is 0.625. The molecule has 0 bridgehead atoms. The smallest absolute Gasteiger partial charge is 0.381 e. The Morgan fingerprint density at radius 1 is 1.29 bits per heavy atom. The molecule has 0 atom stereocenters. The number of pyridine rings is 1. The maximum absolute atomic E-state index is 12.3. The van der Waals surface area contributed by atoms with Gasteiger partial charge in [0.2, 0.25) is 0 Å². The number of halogens is 3. The summed E-state index contributed by atoms with van der Waals surface area (Å²) in [4.78, 5) is 6.33. The van der Waals surface area contributed by atoms with Crippen LogP contribution in [0.1, 0.15) is 25.0 Å². The van der Waals surface area contributed by atoms with Crippen LogP contribution in [0, 0.1) is 6.92 Å². The number of piperidine rings is 1. The average Bonchev–Trinajstić information content (AvgIpc) is 2.80. The van der Waals surface area contributed by atoms with Crippen LogP contribution >= 0.6 is 0 Å². The summed E-state index contributed by atoms with van der Waals surface area (Å²) in [5.74, 6) is 0. The van der Waals surface area contributed by atoms with E-state index in [0.29, 0.717) is 13.1 Å². The summed E-state index contributed by atoms with van der Waals surface area (Å²) >= 11 is 0. The van der Waals surface area contributed by atoms with E-state index in [2.05, 4.69) is 15.4 Å². The van der Waals surface area contributed by atoms with Crippen LogP contribution in [0.4, 0.5) is 18.9 Å². The first kappa shape index (κ1) is 17.0. The first-order valence-electron chi connectivity index (χ1n) is 8.17. The van der Waals surface area contributed by atoms with E-state index >= 15 is 0 Å². The third-order valence-corrected chi connectivity index (χ3v) is 4.53. The molecule has 0 aromatic carbocycles. The minimum atomic E-state index is -4.07. The zero-order valence-corrected chi connectivity index (χ0v) is 13.9. The van der Waals surface area contributed by atoms with Gasteiger partial charge in [0.1, 0.15) is 0 Å². The second-order valence-corrected chi connectivity index (χ2v) is 6.43. The molecule has 5 nitrogen and oxygen atoms in total. The molecule has 1 N–H and O–H groups in total. The Kier molecular flexibility index (Phi) is 4.67. The van der Waals surface area contributed by atoms with E-state index in [4.69, 9.17) is 0 Å². The van der Waals surface area contributed by atoms with Gasteiger partial charge < -0.3 is 10.2 Å². The SMILES string of the molecule is Cc1nn(C)c2ncc(NC3CCN(CCC(F)(F)F)CC3)cc12. The molecule has 1 saturated heterocycles. The minimum absolute atomic E-state index is 0.0958. The summed E-state index contributed by atoms with van der Waals surface area (Å²) in [7, 11) is 1.87. The van der Waals surface area contributed by atoms with Crippen molar-refractivity contribution in [1.29, 1.82) is 0 Å². The zero-order chi connectivity index (χ0) is 17.3. The van der Waals surface area contributed by atoms with Crippen molar-refractivity contribution in [1.82, 2.24) is 19.7 Å². The van der Waals surface area contributed by atoms with Gasteiger partial charge in [-0.15, -0.1) is 0 Å². The van der Waals surface area contributed by atoms with E-state index in [1.165, 1.54) is 0 Å². The van der Waals surface area contributed by atoms with E-state index in [1.54, 1.807) is 10.9 Å². The Hall–Kier alpha value is -1.83. The highest BCUT2D eigenvalue weighted by molar-refractivity contribution is 5.81. The van der Waals surface area contributed by atoms with Gasteiger partial charge in [0.15, 0.2) is 5.65 Å². The molecule has 0 saturated carbocycles. The quantitative estimate of drug-likeness (QED) is 0.928. The largest absolute Gasteiger partial charge is 0.390 e. The topological polar surface area (TPSA) is 46.0 Å². The van der Waals surface area contributed by atoms with Gasteiger partial charge >= 0.3 is 6.18 Å². The Labute approximate surface area is 138 Å². The number of likely N-dealkylation sites (tertiary alicyclic amines) is 1. The summed E-state index contributed by atoms with van der Waals surface area (Å²) in [5, 5.41) is 8.83. The first-order valence-corrected chi connectivity index (χ1v) is 8.17. The van der Waals surface area contributed by atoms with Crippen molar-refractivity contribution >= 4 is 16.7 Å². The molecule has 3 heterocycles. The number of nitrogens with one attached hydrogen (secondary N) is 1. The lowest BCUT2D eigenvalue weighted by Gasteiger charge is -2.32. The molecule has 0 radical (unpaired) electrons. The molecule has 2 aromatic rings. The van der Waals surface area contributed by atoms with Crippen LogP contribution in [0.15, 0.2) is 12.3 Å². The molecule has 8 heteroatoms. The summed E-state index contributed by atoms with van der Waals surface area (Å²) < 4.78 is 38.6. The molecular weight excluding hydrogens is 319 g/mol. The van der Waals surface area contributed by atoms with Crippen molar-refractivity contribution in [3.05, 3.63) is 18.0 Å². The number of rotatable bonds is 4. The maximum Gasteiger partial charge on any atom is 0.390 e. The number of hydrogen-bond acceptors (Lipinski definition) is 4. The third kappa shape index (κ3) is 3.98. The fourth-order valence-corrected chi connectivity index (χ4v) is 3.21. The molecule has 132 valence electrons. The molecule has 0 spiro atoms. The zero-order valence-electron chi connectivity index (χ0n) is 13.9. The highest BCUT2D eigenvalue weighted by Gasteiger charge is 2.29. The predicted octanol–water partition coefficient (Wildman–Crippen LogP) is 3.11. The van der Waals surface area contributed by atoms with Crippen molar-refractivity contribution < 1.29 is 13.2 Å². The number of anilines is 1. The minimum Gasteiger partial charge on any atom is -0.381 e. The number of hydrogen-bond donors (Lipinski definition) is 1. The van der Waals surface area contributed by atoms with Gasteiger partial charge in [-0.2, -0.15) is 18.3 Å². The number of fused-ring (bicyclic) bond motifs is 1. The van der Waals surface area contributed by atoms with E-state index in [1.807, 2.05) is 24.9 Å². The standard InChI is InChI=1S/C16H22F3N5/c1-11-14-9-13(10-20-15(14)23(2)22-11)21-12-3-6-24(7-4-12)8-5-16(17,18)19/h9-10,12,21H,3-8H2,1-2H3. The van der Waals surface area contributed by atoms with Crippen molar-refractivity contribution in [2.24, 2.45) is 7.05 Å². The Morgan fingerprint density at radius 2 is 2.00 bits per heavy atom. The van der Waals surface area contributed by atoms with Gasteiger partial charge in [0.05, 0.1) is 24.0 Å². The summed E-state index contributed by atoms with van der Waals surface area (Å²) in [5.41, 5.74) is 2.72. The van der Waals surface area contributed by atoms with Crippen molar-refractivity contribution in [3.8, 4) is 0 Å². The highest BCUT2D eigenvalue weighted by atomic mass is 19.4. The summed E-state index contributed by atoms with van der Waals surface area (Å²) in [6.45, 7) is 3.43. The fourth-order valence-electron chi connectivity index (χ4n) is 3.21. The summed E-state index contributed by atoms with van der Waals surface area (Å²) in [6, 6.07) is 2.31. The molecule has 2 aromatic heterocycles. The summed E-state index contributed by atoms with van der Waals surface area (Å²) in [6.07, 6.45) is -1.34. The van der Waals surface area contributed by atoms with Gasteiger partial charge in [0.25, 0.3) is 0 Å². The number of alkyl halides is 3. The van der Waals surface area contributed by atoms with Crippen molar-refractivity contribution in [2.75, 3.05) is 25.0 Å². The predicted molar refractivity (Wildman–Crippen MR) is 87.0 cm³/mol. The normalized spacial score (nSPS) is 17.5. The molecular formula is C16H22F3N5. The van der Waals surface area contributed by atoms with Crippen LogP contribution in [0.5, 0.6) is 0 Å². The van der Waals surface area contributed by atoms with Crippen molar-refractivity contribution in [3.63, 3.8) is 0 Å². The molecule has 3 rings (SSSR count). The third-order valence-electron chi connectivity index (χ3n) is 4.53. The second-order valence-electron chi connectivity index (χ2n) is 6.43. The molecule has 1 aliphatic heterocycles. The average molecular weight is 341 g/mol. The molecule has 1 fully saturated rings. The maximum atomic E-state index is 12.3. The molecule has 1 aliphatic rings.